The van der Waals surface area contributed by atoms with Gasteiger partial charge in [0.15, 0.2) is 0 Å². The molecule has 0 aromatic heterocycles. The van der Waals surface area contributed by atoms with Gasteiger partial charge in [0.2, 0.25) is 0 Å². The molecule has 0 rings (SSSR count). The summed E-state index contributed by atoms with van der Waals surface area (Å²) in [4.78, 5) is 19.3. The van der Waals surface area contributed by atoms with Gasteiger partial charge in [-0.1, -0.05) is 0 Å². The molecule has 123 valence electrons. The van der Waals surface area contributed by atoms with Gasteiger partial charge < -0.3 is 50.4 Å². The first-order valence-electron chi connectivity index (χ1n) is 4.99. The van der Waals surface area contributed by atoms with Crippen molar-refractivity contribution < 1.29 is 67.5 Å². The minimum atomic E-state index is -2.31. The van der Waals surface area contributed by atoms with Crippen molar-refractivity contribution >= 4 is 11.9 Å². The van der Waals surface area contributed by atoms with E-state index < -0.39 is 49.1 Å². The largest absolute Gasteiger partial charge is 2.00 e. The first kappa shape index (κ1) is 24.3. The number of hydrogen-bond donors (Lipinski definition) is 6. The summed E-state index contributed by atoms with van der Waals surface area (Å²) in [5.74, 6) is -3.41. The molecule has 0 saturated carbocycles. The van der Waals surface area contributed by atoms with Crippen molar-refractivity contribution in [2.24, 2.45) is 0 Å². The second-order valence-electron chi connectivity index (χ2n) is 3.49. The summed E-state index contributed by atoms with van der Waals surface area (Å²) in [5.41, 5.74) is 0. The molecule has 20 heavy (non-hydrogen) atoms. The topological polar surface area (TPSA) is 202 Å². The van der Waals surface area contributed by atoms with Crippen LogP contribution in [-0.4, -0.2) is 79.7 Å². The van der Waals surface area contributed by atoms with E-state index in [2.05, 4.69) is 0 Å². The molecule has 0 aliphatic heterocycles. The second-order valence-corrected chi connectivity index (χ2v) is 3.49. The maximum atomic E-state index is 9.98. The molecule has 0 bridgehead atoms. The Balaban J connectivity index is -0.000000352. The molecule has 0 aromatic rings. The maximum Gasteiger partial charge on any atom is 2.00 e. The van der Waals surface area contributed by atoms with Gasteiger partial charge in [0.1, 0.15) is 24.4 Å². The number of carbonyl (C=O) groups excluding carboxylic acids is 2. The molecule has 6 N–H and O–H groups in total. The number of aliphatic hydroxyl groups is 6. The van der Waals surface area contributed by atoms with Gasteiger partial charge in [-0.05, 0) is 6.92 Å². The van der Waals surface area contributed by atoms with Crippen LogP contribution >= 0.6 is 0 Å². The zero-order valence-corrected chi connectivity index (χ0v) is 11.2. The van der Waals surface area contributed by atoms with Crippen molar-refractivity contribution in [1.82, 2.24) is 0 Å². The average molecular weight is 348 g/mol. The summed E-state index contributed by atoms with van der Waals surface area (Å²) in [6.07, 6.45) is -9.42. The second kappa shape index (κ2) is 12.0. The first-order valence-corrected chi connectivity index (χ1v) is 4.99. The summed E-state index contributed by atoms with van der Waals surface area (Å²) in [7, 11) is 0. The molecule has 0 aliphatic carbocycles. The number of carboxylic acids is 2. The minimum Gasteiger partial charge on any atom is -0.547 e. The fourth-order valence-electron chi connectivity index (χ4n) is 0.662. The van der Waals surface area contributed by atoms with E-state index in [1.807, 2.05) is 0 Å². The molecule has 0 aliphatic rings. The Morgan fingerprint density at radius 2 is 1.30 bits per heavy atom. The van der Waals surface area contributed by atoms with Gasteiger partial charge in [-0.3, -0.25) is 0 Å². The molecule has 1 unspecified atom stereocenters. The van der Waals surface area contributed by atoms with Crippen molar-refractivity contribution in [3.63, 3.8) is 0 Å². The van der Waals surface area contributed by atoms with Crippen LogP contribution in [0, 0.1) is 0 Å². The number of rotatable bonds is 6. The number of aliphatic carboxylic acids is 2. The Bertz CT molecular complexity index is 284. The molecule has 10 nitrogen and oxygen atoms in total. The van der Waals surface area contributed by atoms with Crippen LogP contribution in [0.3, 0.4) is 0 Å². The molecule has 1 radical (unpaired) electrons. The van der Waals surface area contributed by atoms with Crippen LogP contribution in [0.5, 0.6) is 0 Å². The predicted molar refractivity (Wildman–Crippen MR) is 52.8 cm³/mol. The molecule has 0 aromatic carbocycles. The third-order valence-electron chi connectivity index (χ3n) is 1.84. The van der Waals surface area contributed by atoms with E-state index in [1.165, 1.54) is 0 Å². The van der Waals surface area contributed by atoms with E-state index in [-0.39, 0.29) is 17.1 Å². The molecule has 11 heteroatoms. The summed E-state index contributed by atoms with van der Waals surface area (Å²) in [6, 6.07) is 0. The molecule has 5 atom stereocenters. The van der Waals surface area contributed by atoms with E-state index in [0.29, 0.717) is 0 Å². The molecule has 0 amide bonds. The average Bonchev–Trinajstić information content (AvgIpc) is 2.35. The van der Waals surface area contributed by atoms with Gasteiger partial charge in [-0.15, -0.1) is 0 Å². The van der Waals surface area contributed by atoms with Gasteiger partial charge in [0.05, 0.1) is 24.6 Å². The molecule has 0 saturated heterocycles. The predicted octanol–water partition coefficient (Wildman–Crippen LogP) is -6.71. The van der Waals surface area contributed by atoms with Crippen molar-refractivity contribution in [3.05, 3.63) is 0 Å². The third kappa shape index (κ3) is 10.1. The summed E-state index contributed by atoms with van der Waals surface area (Å²) in [6.45, 7) is 0.271. The summed E-state index contributed by atoms with van der Waals surface area (Å²) >= 11 is 0. The number of aliphatic hydroxyl groups excluding tert-OH is 6. The van der Waals surface area contributed by atoms with Crippen LogP contribution < -0.4 is 10.2 Å². The normalized spacial score (nSPS) is 17.4. The Morgan fingerprint density at radius 3 is 1.50 bits per heavy atom. The van der Waals surface area contributed by atoms with Crippen LogP contribution in [0.1, 0.15) is 6.92 Å². The molecule has 0 spiro atoms. The Hall–Kier alpha value is -0.781. The van der Waals surface area contributed by atoms with Crippen LogP contribution in [0.25, 0.3) is 0 Å². The first-order chi connectivity index (χ1) is 8.56. The van der Waals surface area contributed by atoms with E-state index in [1.54, 1.807) is 0 Å². The van der Waals surface area contributed by atoms with Crippen LogP contribution in [0.15, 0.2) is 0 Å². The minimum absolute atomic E-state index is 0. The number of carbonyl (C=O) groups is 2. The van der Waals surface area contributed by atoms with Crippen molar-refractivity contribution in [3.8, 4) is 0 Å². The quantitative estimate of drug-likeness (QED) is 0.251. The Kier molecular flexibility index (Phi) is 14.5. The van der Waals surface area contributed by atoms with Gasteiger partial charge >= 0.3 is 17.1 Å². The van der Waals surface area contributed by atoms with E-state index in [0.717, 1.165) is 6.92 Å². The molecule has 0 fully saturated rings. The van der Waals surface area contributed by atoms with E-state index in [9.17, 15) is 19.8 Å². The molecular weight excluding hydrogens is 332 g/mol. The fraction of sp³-hybridized carbons (Fsp3) is 0.778. The van der Waals surface area contributed by atoms with Gasteiger partial charge in [0.25, 0.3) is 0 Å². The van der Waals surface area contributed by atoms with Crippen LogP contribution in [-0.2, 0) is 26.7 Å². The van der Waals surface area contributed by atoms with Crippen LogP contribution in [0.2, 0.25) is 0 Å². The summed E-state index contributed by atoms with van der Waals surface area (Å²) < 4.78 is 0. The SMILES string of the molecule is CC(O)C(=O)[O-].O=C([O-])[C@H](O)[C@@H](O)[C@H](O)[C@H](O)CO.[Cu+2]. The van der Waals surface area contributed by atoms with Crippen molar-refractivity contribution in [2.75, 3.05) is 6.61 Å². The third-order valence-corrected chi connectivity index (χ3v) is 1.84. The Labute approximate surface area is 124 Å². The fourth-order valence-corrected chi connectivity index (χ4v) is 0.662. The zero-order chi connectivity index (χ0) is 15.7. The van der Waals surface area contributed by atoms with Gasteiger partial charge in [-0.25, -0.2) is 0 Å². The number of hydrogen-bond acceptors (Lipinski definition) is 10. The van der Waals surface area contributed by atoms with E-state index >= 15 is 0 Å². The summed E-state index contributed by atoms with van der Waals surface area (Å²) in [5, 5.41) is 70.7. The monoisotopic (exact) mass is 347 g/mol. The van der Waals surface area contributed by atoms with Gasteiger partial charge in [0, 0.05) is 0 Å². The maximum absolute atomic E-state index is 9.98. The number of carboxylic acid groups (broad SMARTS) is 2. The smallest absolute Gasteiger partial charge is 0.547 e. The Morgan fingerprint density at radius 1 is 0.950 bits per heavy atom. The van der Waals surface area contributed by atoms with Gasteiger partial charge in [-0.2, -0.15) is 0 Å². The molecule has 0 heterocycles. The van der Waals surface area contributed by atoms with E-state index in [4.69, 9.17) is 30.6 Å². The van der Waals surface area contributed by atoms with Crippen molar-refractivity contribution in [2.45, 2.75) is 37.4 Å². The zero-order valence-electron chi connectivity index (χ0n) is 10.2. The molecular formula is C9H16CuO10. The standard InChI is InChI=1S/C6H12O7.C3H6O3.Cu/c7-1-2(8)3(9)4(10)5(11)6(12)13;1-2(4)3(5)6;/h2-5,7-11H,1H2,(H,12,13);2,4H,1H3,(H,5,6);/q;;+2/p-2/t2-,3-,4+,5-;;/m1../s1. The van der Waals surface area contributed by atoms with Crippen LogP contribution in [0.4, 0.5) is 0 Å². The van der Waals surface area contributed by atoms with Crippen molar-refractivity contribution in [1.29, 1.82) is 0 Å².